The van der Waals surface area contributed by atoms with Crippen molar-refractivity contribution in [2.45, 2.75) is 6.54 Å². The Kier molecular flexibility index (Phi) is 4.55. The number of carbonyl (C=O) groups excluding carboxylic acids is 1. The maximum absolute atomic E-state index is 13.0. The highest BCUT2D eigenvalue weighted by molar-refractivity contribution is 5.90. The van der Waals surface area contributed by atoms with E-state index in [9.17, 15) is 9.18 Å². The van der Waals surface area contributed by atoms with Crippen LogP contribution < -0.4 is 15.4 Å². The minimum atomic E-state index is -0.376. The molecule has 2 aromatic rings. The van der Waals surface area contributed by atoms with Crippen molar-refractivity contribution in [3.05, 3.63) is 59.9 Å². The van der Waals surface area contributed by atoms with Crippen LogP contribution in [0.15, 0.2) is 48.5 Å². The van der Waals surface area contributed by atoms with Crippen molar-refractivity contribution >= 4 is 11.7 Å². The number of benzene rings is 2. The Balaban J connectivity index is 1.93. The normalized spacial score (nSPS) is 9.90. The smallest absolute Gasteiger partial charge is 0.319 e. The van der Waals surface area contributed by atoms with Gasteiger partial charge in [-0.2, -0.15) is 0 Å². The molecule has 2 rings (SSSR count). The van der Waals surface area contributed by atoms with E-state index in [0.29, 0.717) is 17.0 Å². The van der Waals surface area contributed by atoms with Crippen LogP contribution in [0, 0.1) is 5.82 Å². The van der Waals surface area contributed by atoms with Crippen molar-refractivity contribution in [2.75, 3.05) is 12.4 Å². The molecule has 0 spiro atoms. The summed E-state index contributed by atoms with van der Waals surface area (Å²) in [5.74, 6) is 0.253. The summed E-state index contributed by atoms with van der Waals surface area (Å²) in [5.41, 5.74) is 1.27. The summed E-state index contributed by atoms with van der Waals surface area (Å²) < 4.78 is 18.1. The molecular weight excluding hydrogens is 259 g/mol. The molecule has 2 N–H and O–H groups in total. The third-order valence-electron chi connectivity index (χ3n) is 2.70. The van der Waals surface area contributed by atoms with Gasteiger partial charge in [0, 0.05) is 6.54 Å². The summed E-state index contributed by atoms with van der Waals surface area (Å²) in [6.45, 7) is 0.249. The molecule has 0 saturated carbocycles. The van der Waals surface area contributed by atoms with E-state index in [1.54, 1.807) is 30.3 Å². The maximum atomic E-state index is 13.0. The molecule has 20 heavy (non-hydrogen) atoms. The Morgan fingerprint density at radius 2 is 2.00 bits per heavy atom. The van der Waals surface area contributed by atoms with Crippen LogP contribution >= 0.6 is 0 Å². The zero-order valence-corrected chi connectivity index (χ0v) is 11.0. The van der Waals surface area contributed by atoms with Gasteiger partial charge >= 0.3 is 6.03 Å². The van der Waals surface area contributed by atoms with Crippen LogP contribution in [0.2, 0.25) is 0 Å². The lowest BCUT2D eigenvalue weighted by atomic mass is 10.2. The van der Waals surface area contributed by atoms with Crippen molar-refractivity contribution in [1.82, 2.24) is 5.32 Å². The third kappa shape index (κ3) is 3.71. The van der Waals surface area contributed by atoms with Gasteiger partial charge in [-0.05, 0) is 29.8 Å². The van der Waals surface area contributed by atoms with Crippen LogP contribution in [0.1, 0.15) is 5.56 Å². The molecule has 0 bridgehead atoms. The molecule has 0 aliphatic heterocycles. The number of amides is 2. The van der Waals surface area contributed by atoms with Gasteiger partial charge < -0.3 is 15.4 Å². The monoisotopic (exact) mass is 274 g/mol. The maximum Gasteiger partial charge on any atom is 0.319 e. The SMILES string of the molecule is COc1ccccc1NC(=O)NCc1cccc(F)c1. The van der Waals surface area contributed by atoms with Gasteiger partial charge in [-0.3, -0.25) is 0 Å². The van der Waals surface area contributed by atoms with Crippen LogP contribution in [0.25, 0.3) is 0 Å². The largest absolute Gasteiger partial charge is 0.495 e. The lowest BCUT2D eigenvalue weighted by Crippen LogP contribution is -2.28. The van der Waals surface area contributed by atoms with Gasteiger partial charge in [-0.15, -0.1) is 0 Å². The summed E-state index contributed by atoms with van der Waals surface area (Å²) in [6.07, 6.45) is 0. The summed E-state index contributed by atoms with van der Waals surface area (Å²) in [6, 6.07) is 12.8. The minimum absolute atomic E-state index is 0.249. The number of para-hydroxylation sites is 2. The quantitative estimate of drug-likeness (QED) is 0.899. The fourth-order valence-electron chi connectivity index (χ4n) is 1.74. The van der Waals surface area contributed by atoms with E-state index in [4.69, 9.17) is 4.74 Å². The van der Waals surface area contributed by atoms with Crippen LogP contribution in [0.4, 0.5) is 14.9 Å². The Hall–Kier alpha value is -2.56. The first-order valence-electron chi connectivity index (χ1n) is 6.11. The number of rotatable bonds is 4. The summed E-state index contributed by atoms with van der Waals surface area (Å²) in [5, 5.41) is 5.33. The number of urea groups is 1. The highest BCUT2D eigenvalue weighted by Gasteiger charge is 2.06. The highest BCUT2D eigenvalue weighted by atomic mass is 19.1. The van der Waals surface area contributed by atoms with Crippen LogP contribution in [0.3, 0.4) is 0 Å². The predicted octanol–water partition coefficient (Wildman–Crippen LogP) is 3.16. The fourth-order valence-corrected chi connectivity index (χ4v) is 1.74. The minimum Gasteiger partial charge on any atom is -0.495 e. The predicted molar refractivity (Wildman–Crippen MR) is 75.3 cm³/mol. The van der Waals surface area contributed by atoms with E-state index < -0.39 is 0 Å². The van der Waals surface area contributed by atoms with Crippen molar-refractivity contribution in [3.8, 4) is 5.75 Å². The van der Waals surface area contributed by atoms with E-state index in [1.165, 1.54) is 19.2 Å². The Labute approximate surface area is 116 Å². The van der Waals surface area contributed by atoms with E-state index in [0.717, 1.165) is 0 Å². The molecule has 5 heteroatoms. The molecule has 0 aliphatic carbocycles. The summed E-state index contributed by atoms with van der Waals surface area (Å²) in [7, 11) is 1.53. The number of nitrogens with one attached hydrogen (secondary N) is 2. The van der Waals surface area contributed by atoms with E-state index in [1.807, 2.05) is 6.07 Å². The lowest BCUT2D eigenvalue weighted by Gasteiger charge is -2.11. The molecule has 0 unspecified atom stereocenters. The van der Waals surface area contributed by atoms with Crippen molar-refractivity contribution in [2.24, 2.45) is 0 Å². The zero-order chi connectivity index (χ0) is 14.4. The van der Waals surface area contributed by atoms with Gasteiger partial charge in [0.25, 0.3) is 0 Å². The molecule has 0 atom stereocenters. The number of hydrogen-bond acceptors (Lipinski definition) is 2. The van der Waals surface area contributed by atoms with Gasteiger partial charge in [0.15, 0.2) is 0 Å². The first-order valence-corrected chi connectivity index (χ1v) is 6.11. The van der Waals surface area contributed by atoms with Crippen molar-refractivity contribution in [1.29, 1.82) is 0 Å². The van der Waals surface area contributed by atoms with Gasteiger partial charge in [0.05, 0.1) is 12.8 Å². The molecule has 0 radical (unpaired) electrons. The molecule has 0 aliphatic rings. The molecule has 0 heterocycles. The number of anilines is 1. The molecule has 2 aromatic carbocycles. The number of carbonyl (C=O) groups is 1. The number of ether oxygens (including phenoxy) is 1. The van der Waals surface area contributed by atoms with Crippen LogP contribution in [-0.4, -0.2) is 13.1 Å². The fraction of sp³-hybridized carbons (Fsp3) is 0.133. The van der Waals surface area contributed by atoms with E-state index in [2.05, 4.69) is 10.6 Å². The average Bonchev–Trinajstić information content (AvgIpc) is 2.46. The first-order chi connectivity index (χ1) is 9.69. The van der Waals surface area contributed by atoms with Crippen molar-refractivity contribution in [3.63, 3.8) is 0 Å². The van der Waals surface area contributed by atoms with Gasteiger partial charge in [0.1, 0.15) is 11.6 Å². The van der Waals surface area contributed by atoms with E-state index in [-0.39, 0.29) is 18.4 Å². The van der Waals surface area contributed by atoms with Crippen LogP contribution in [0.5, 0.6) is 5.75 Å². The lowest BCUT2D eigenvalue weighted by molar-refractivity contribution is 0.251. The molecule has 104 valence electrons. The Morgan fingerprint density at radius 3 is 2.75 bits per heavy atom. The second-order valence-electron chi connectivity index (χ2n) is 4.14. The molecular formula is C15H15FN2O2. The summed E-state index contributed by atoms with van der Waals surface area (Å²) in [4.78, 5) is 11.8. The van der Waals surface area contributed by atoms with Gasteiger partial charge in [0.2, 0.25) is 0 Å². The zero-order valence-electron chi connectivity index (χ0n) is 11.0. The Morgan fingerprint density at radius 1 is 1.20 bits per heavy atom. The second-order valence-corrected chi connectivity index (χ2v) is 4.14. The van der Waals surface area contributed by atoms with Crippen LogP contribution in [-0.2, 0) is 6.54 Å². The molecule has 4 nitrogen and oxygen atoms in total. The number of hydrogen-bond donors (Lipinski definition) is 2. The van der Waals surface area contributed by atoms with E-state index >= 15 is 0 Å². The van der Waals surface area contributed by atoms with Crippen molar-refractivity contribution < 1.29 is 13.9 Å². The summed E-state index contributed by atoms with van der Waals surface area (Å²) >= 11 is 0. The van der Waals surface area contributed by atoms with Gasteiger partial charge in [-0.25, -0.2) is 9.18 Å². The second kappa shape index (κ2) is 6.56. The average molecular weight is 274 g/mol. The molecule has 0 fully saturated rings. The highest BCUT2D eigenvalue weighted by Crippen LogP contribution is 2.22. The van der Waals surface area contributed by atoms with Gasteiger partial charge in [-0.1, -0.05) is 24.3 Å². The topological polar surface area (TPSA) is 50.4 Å². The molecule has 0 aromatic heterocycles. The third-order valence-corrected chi connectivity index (χ3v) is 2.70. The first kappa shape index (κ1) is 13.9. The molecule has 0 saturated heterocycles. The molecule has 2 amide bonds. The standard InChI is InChI=1S/C15H15FN2O2/c1-20-14-8-3-2-7-13(14)18-15(19)17-10-11-5-4-6-12(16)9-11/h2-9H,10H2,1H3,(H2,17,18,19). The Bertz CT molecular complexity index is 602. The number of halogens is 1. The number of methoxy groups -OCH3 is 1.